The average molecular weight is 888 g/mol. The average Bonchev–Trinajstić information content (AvgIpc) is 3.51. The van der Waals surface area contributed by atoms with Crippen molar-refractivity contribution < 1.29 is 34.1 Å². The molecule has 0 amide bonds. The molecule has 1 aromatic heterocycles. The Kier molecular flexibility index (Phi) is 13.8. The quantitative estimate of drug-likeness (QED) is 0.105. The Balaban J connectivity index is 0.000000182. The Morgan fingerprint density at radius 2 is 1.14 bits per heavy atom. The number of nitrogens with zero attached hydrogens (tertiary/aromatic N) is 1. The van der Waals surface area contributed by atoms with Crippen molar-refractivity contribution in [2.24, 2.45) is 11.8 Å². The molecule has 4 aliphatic rings. The highest BCUT2D eigenvalue weighted by atomic mass is 16.5. The fourth-order valence-corrected chi connectivity index (χ4v) is 12.3. The minimum absolute atomic E-state index is 0.0447. The number of hydrogen-bond acceptors (Lipinski definition) is 8. The van der Waals surface area contributed by atoms with Crippen LogP contribution in [0.1, 0.15) is 143 Å². The molecule has 0 radical (unpaired) electrons. The van der Waals surface area contributed by atoms with Gasteiger partial charge in [-0.05, 0) is 146 Å². The fraction of sp³-hybridized carbons (Fsp3) is 0.431. The van der Waals surface area contributed by atoms with Gasteiger partial charge in [0.15, 0.2) is 5.78 Å². The van der Waals surface area contributed by atoms with Crippen molar-refractivity contribution in [3.63, 3.8) is 0 Å². The summed E-state index contributed by atoms with van der Waals surface area (Å²) in [4.78, 5) is 55.9. The molecule has 344 valence electrons. The number of aromatic nitrogens is 1. The molecule has 2 N–H and O–H groups in total. The monoisotopic (exact) mass is 887 g/mol. The normalized spacial score (nSPS) is 26.8. The van der Waals surface area contributed by atoms with Gasteiger partial charge in [-0.3, -0.25) is 19.4 Å². The van der Waals surface area contributed by atoms with Crippen LogP contribution in [0, 0.1) is 18.8 Å². The highest BCUT2D eigenvalue weighted by Crippen LogP contribution is 2.55. The second kappa shape index (κ2) is 19.3. The number of rotatable bonds is 10. The van der Waals surface area contributed by atoms with E-state index in [1.807, 2.05) is 75.4 Å². The van der Waals surface area contributed by atoms with Crippen LogP contribution >= 0.6 is 0 Å². The summed E-state index contributed by atoms with van der Waals surface area (Å²) in [5, 5.41) is 22.3. The number of ketones is 3. The van der Waals surface area contributed by atoms with Crippen LogP contribution in [-0.4, -0.2) is 56.8 Å². The smallest absolute Gasteiger partial charge is 0.337 e. The van der Waals surface area contributed by atoms with Gasteiger partial charge in [-0.1, -0.05) is 98.8 Å². The zero-order valence-electron chi connectivity index (χ0n) is 39.1. The van der Waals surface area contributed by atoms with Crippen LogP contribution in [0.15, 0.2) is 115 Å². The van der Waals surface area contributed by atoms with Crippen LogP contribution in [0.25, 0.3) is 0 Å². The van der Waals surface area contributed by atoms with Gasteiger partial charge in [0.2, 0.25) is 0 Å². The van der Waals surface area contributed by atoms with Crippen molar-refractivity contribution in [3.05, 3.63) is 171 Å². The molecule has 1 heterocycles. The Bertz CT molecular complexity index is 2590. The van der Waals surface area contributed by atoms with Crippen LogP contribution < -0.4 is 0 Å². The number of Topliss-reactive ketones (excluding diaryl/α,β-unsaturated/α-hetero) is 3. The molecule has 8 nitrogen and oxygen atoms in total. The van der Waals surface area contributed by atoms with Crippen molar-refractivity contribution in [1.82, 2.24) is 4.98 Å². The molecule has 66 heavy (non-hydrogen) atoms. The number of methoxy groups -OCH3 is 1. The molecular formula is C58H65NO7. The molecule has 2 saturated carbocycles. The maximum absolute atomic E-state index is 13.3. The number of aryl methyl sites for hydroxylation is 1. The third-order valence-corrected chi connectivity index (χ3v) is 16.1. The standard InChI is InChI=1S/C32H35NO3.C26H30O4/c1-3-31(36)13-14-32(20-23-8-5-4-6-9-23)27(21-31)19-28(34)17-26-16-25(11-12-29(26)32)30(35)18-24-10-7-15-33-22(24)2;1-3-25(29)11-12-26(16-18-7-5-4-6-8-18)21(17-25)15-22(27)14-20-13-19(24(28)30-2)9-10-23(20)26/h4-12,15-16,27,36H,3,13-14,17-21H2,1-2H3;4-10,13,21,29H,3,11-12,14-17H2,1-2H3/t27-,31+,32-;21-,25+,26-/m00/s1. The SMILES string of the molecule is CC[C@@]1(O)CC[C@@]2(Cc3ccccc3)c3ccc(C(=O)Cc4cccnc4C)cc3CC(=O)C[C@H]2C1.CC[C@@]1(O)CC[C@@]2(Cc3ccccc3)c3ccc(C(=O)OC)cc3CC(=O)C[C@H]2C1. The van der Waals surface area contributed by atoms with Gasteiger partial charge >= 0.3 is 5.97 Å². The van der Waals surface area contributed by atoms with Crippen LogP contribution in [0.5, 0.6) is 0 Å². The molecule has 6 atom stereocenters. The topological polar surface area (TPSA) is 131 Å². The predicted molar refractivity (Wildman–Crippen MR) is 257 cm³/mol. The van der Waals surface area contributed by atoms with Crippen LogP contribution in [-0.2, 0) is 57.3 Å². The Morgan fingerprint density at radius 1 is 0.652 bits per heavy atom. The summed E-state index contributed by atoms with van der Waals surface area (Å²) in [5.74, 6) is 0.192. The first kappa shape index (κ1) is 46.9. The molecule has 0 saturated heterocycles. The number of pyridine rings is 1. The first-order chi connectivity index (χ1) is 31.7. The number of ether oxygens (including phenoxy) is 1. The number of hydrogen-bond donors (Lipinski definition) is 2. The molecule has 9 rings (SSSR count). The third kappa shape index (κ3) is 9.63. The molecule has 4 aliphatic carbocycles. The second-order valence-corrected chi connectivity index (χ2v) is 20.0. The molecule has 0 bridgehead atoms. The van der Waals surface area contributed by atoms with Gasteiger partial charge < -0.3 is 14.9 Å². The number of carbonyl (C=O) groups is 4. The first-order valence-corrected chi connectivity index (χ1v) is 24.1. The molecule has 8 heteroatoms. The lowest BCUT2D eigenvalue weighted by Gasteiger charge is -2.50. The summed E-state index contributed by atoms with van der Waals surface area (Å²) in [6.45, 7) is 5.99. The number of fused-ring (bicyclic) bond motifs is 6. The summed E-state index contributed by atoms with van der Waals surface area (Å²) >= 11 is 0. The highest BCUT2D eigenvalue weighted by molar-refractivity contribution is 5.98. The van der Waals surface area contributed by atoms with E-state index in [1.165, 1.54) is 23.8 Å². The van der Waals surface area contributed by atoms with Gasteiger partial charge in [-0.25, -0.2) is 4.79 Å². The Hall–Kier alpha value is -5.57. The number of esters is 1. The third-order valence-electron chi connectivity index (χ3n) is 16.1. The lowest BCUT2D eigenvalue weighted by molar-refractivity contribution is -0.122. The Labute approximate surface area is 390 Å². The number of aliphatic hydroxyl groups is 2. The van der Waals surface area contributed by atoms with Crippen molar-refractivity contribution >= 4 is 23.3 Å². The van der Waals surface area contributed by atoms with Crippen LogP contribution in [0.4, 0.5) is 0 Å². The number of benzene rings is 4. The molecule has 4 aromatic carbocycles. The molecule has 0 aliphatic heterocycles. The lowest BCUT2D eigenvalue weighted by Crippen LogP contribution is -2.49. The summed E-state index contributed by atoms with van der Waals surface area (Å²) in [6.07, 6.45) is 11.1. The second-order valence-electron chi connectivity index (χ2n) is 20.0. The zero-order chi connectivity index (χ0) is 46.7. The molecule has 5 aromatic rings. The van der Waals surface area contributed by atoms with Gasteiger partial charge in [0.05, 0.1) is 23.9 Å². The highest BCUT2D eigenvalue weighted by Gasteiger charge is 2.53. The fourth-order valence-electron chi connectivity index (χ4n) is 12.3. The van der Waals surface area contributed by atoms with Crippen molar-refractivity contribution in [3.8, 4) is 0 Å². The molecule has 2 fully saturated rings. The molecule has 0 spiro atoms. The van der Waals surface area contributed by atoms with E-state index in [-0.39, 0.29) is 46.0 Å². The summed E-state index contributed by atoms with van der Waals surface area (Å²) in [6, 6.07) is 36.4. The van der Waals surface area contributed by atoms with E-state index in [4.69, 9.17) is 4.74 Å². The Morgan fingerprint density at radius 3 is 1.61 bits per heavy atom. The van der Waals surface area contributed by atoms with Crippen molar-refractivity contribution in [1.29, 1.82) is 0 Å². The van der Waals surface area contributed by atoms with Gasteiger partial charge in [0.25, 0.3) is 0 Å². The van der Waals surface area contributed by atoms with E-state index in [2.05, 4.69) is 59.6 Å². The van der Waals surface area contributed by atoms with E-state index in [0.717, 1.165) is 66.5 Å². The summed E-state index contributed by atoms with van der Waals surface area (Å²) in [7, 11) is 1.37. The largest absolute Gasteiger partial charge is 0.465 e. The van der Waals surface area contributed by atoms with E-state index in [1.54, 1.807) is 6.20 Å². The summed E-state index contributed by atoms with van der Waals surface area (Å²) < 4.78 is 4.90. The number of carbonyl (C=O) groups excluding carboxylic acids is 4. The first-order valence-electron chi connectivity index (χ1n) is 24.1. The van der Waals surface area contributed by atoms with E-state index in [9.17, 15) is 29.4 Å². The van der Waals surface area contributed by atoms with E-state index in [0.29, 0.717) is 68.9 Å². The minimum atomic E-state index is -0.715. The van der Waals surface area contributed by atoms with Gasteiger partial charge in [0, 0.05) is 60.4 Å². The zero-order valence-corrected chi connectivity index (χ0v) is 39.1. The van der Waals surface area contributed by atoms with E-state index < -0.39 is 11.2 Å². The predicted octanol–water partition coefficient (Wildman–Crippen LogP) is 10.2. The van der Waals surface area contributed by atoms with E-state index >= 15 is 0 Å². The van der Waals surface area contributed by atoms with Crippen molar-refractivity contribution in [2.75, 3.05) is 7.11 Å². The van der Waals surface area contributed by atoms with Crippen LogP contribution in [0.3, 0.4) is 0 Å². The van der Waals surface area contributed by atoms with Crippen LogP contribution in [0.2, 0.25) is 0 Å². The van der Waals surface area contributed by atoms with Gasteiger partial charge in [-0.15, -0.1) is 0 Å². The van der Waals surface area contributed by atoms with Gasteiger partial charge in [-0.2, -0.15) is 0 Å². The minimum Gasteiger partial charge on any atom is -0.465 e. The lowest BCUT2D eigenvalue weighted by atomic mass is 9.55. The maximum atomic E-state index is 13.3. The molecule has 0 unspecified atom stereocenters. The molecular weight excluding hydrogens is 823 g/mol. The summed E-state index contributed by atoms with van der Waals surface area (Å²) in [5.41, 5.74) is 7.81. The van der Waals surface area contributed by atoms with Crippen molar-refractivity contribution in [2.45, 2.75) is 139 Å². The van der Waals surface area contributed by atoms with Gasteiger partial charge in [0.1, 0.15) is 11.6 Å². The maximum Gasteiger partial charge on any atom is 0.337 e.